The van der Waals surface area contributed by atoms with Crippen LogP contribution in [0.3, 0.4) is 0 Å². The van der Waals surface area contributed by atoms with Crippen LogP contribution < -0.4 is 9.46 Å². The second-order valence-electron chi connectivity index (χ2n) is 6.19. The number of benzene rings is 2. The van der Waals surface area contributed by atoms with Gasteiger partial charge >= 0.3 is 0 Å². The zero-order chi connectivity index (χ0) is 18.7. The molecule has 1 aliphatic rings. The van der Waals surface area contributed by atoms with Gasteiger partial charge < -0.3 is 4.74 Å². The molecule has 26 heavy (non-hydrogen) atoms. The van der Waals surface area contributed by atoms with Gasteiger partial charge in [0.15, 0.2) is 0 Å². The molecule has 0 aromatic heterocycles. The molecule has 2 aromatic rings. The Hall–Kier alpha value is -1.86. The van der Waals surface area contributed by atoms with Gasteiger partial charge in [-0.05, 0) is 77.0 Å². The van der Waals surface area contributed by atoms with Gasteiger partial charge in [0.05, 0.1) is 22.4 Å². The number of ether oxygens (including phenoxy) is 1. The van der Waals surface area contributed by atoms with Crippen molar-refractivity contribution in [2.24, 2.45) is 0 Å². The molecule has 1 N–H and O–H groups in total. The van der Waals surface area contributed by atoms with Crippen molar-refractivity contribution in [3.8, 4) is 5.75 Å². The van der Waals surface area contributed by atoms with Crippen molar-refractivity contribution in [3.05, 3.63) is 57.6 Å². The minimum atomic E-state index is -3.93. The number of aryl methyl sites for hydroxylation is 2. The molecular formula is C19H20BrNO4S. The van der Waals surface area contributed by atoms with E-state index in [1.54, 1.807) is 6.07 Å². The maximum atomic E-state index is 12.4. The van der Waals surface area contributed by atoms with Crippen molar-refractivity contribution in [1.82, 2.24) is 4.72 Å². The van der Waals surface area contributed by atoms with Crippen molar-refractivity contribution >= 4 is 31.9 Å². The van der Waals surface area contributed by atoms with Crippen molar-refractivity contribution in [3.63, 3.8) is 0 Å². The van der Waals surface area contributed by atoms with E-state index in [0.717, 1.165) is 24.8 Å². The Bertz CT molecular complexity index is 941. The number of amides is 1. The summed E-state index contributed by atoms with van der Waals surface area (Å²) in [5.41, 5.74) is 3.40. The van der Waals surface area contributed by atoms with E-state index >= 15 is 0 Å². The lowest BCUT2D eigenvalue weighted by Crippen LogP contribution is -2.31. The highest BCUT2D eigenvalue weighted by molar-refractivity contribution is 9.10. The van der Waals surface area contributed by atoms with Crippen molar-refractivity contribution in [1.29, 1.82) is 0 Å². The van der Waals surface area contributed by atoms with E-state index in [2.05, 4.69) is 20.7 Å². The molecule has 138 valence electrons. The number of sulfonamides is 1. The first-order valence-electron chi connectivity index (χ1n) is 8.47. The minimum Gasteiger partial charge on any atom is -0.493 e. The molecule has 1 aliphatic carbocycles. The fourth-order valence-corrected chi connectivity index (χ4v) is 4.74. The number of halogens is 1. The van der Waals surface area contributed by atoms with E-state index in [1.165, 1.54) is 23.3 Å². The fraction of sp³-hybridized carbons (Fsp3) is 0.316. The van der Waals surface area contributed by atoms with Gasteiger partial charge in [-0.25, -0.2) is 13.1 Å². The largest absolute Gasteiger partial charge is 0.493 e. The highest BCUT2D eigenvalue weighted by Gasteiger charge is 2.20. The number of hydrogen-bond donors (Lipinski definition) is 1. The first-order valence-corrected chi connectivity index (χ1v) is 10.8. The van der Waals surface area contributed by atoms with Gasteiger partial charge in [-0.3, -0.25) is 4.79 Å². The van der Waals surface area contributed by atoms with Gasteiger partial charge in [0.25, 0.3) is 10.0 Å². The Labute approximate surface area is 161 Å². The number of carbonyl (C=O) groups excluding carboxylic acids is 1. The highest BCUT2D eigenvalue weighted by Crippen LogP contribution is 2.28. The van der Waals surface area contributed by atoms with E-state index < -0.39 is 15.9 Å². The summed E-state index contributed by atoms with van der Waals surface area (Å²) in [6, 6.07) is 10.3. The molecular weight excluding hydrogens is 418 g/mol. The van der Waals surface area contributed by atoms with E-state index in [9.17, 15) is 13.2 Å². The Kier molecular flexibility index (Phi) is 5.67. The van der Waals surface area contributed by atoms with Crippen LogP contribution in [0.5, 0.6) is 5.75 Å². The van der Waals surface area contributed by atoms with Crippen LogP contribution in [0.2, 0.25) is 0 Å². The van der Waals surface area contributed by atoms with Gasteiger partial charge in [0, 0.05) is 0 Å². The van der Waals surface area contributed by atoms with Crippen LogP contribution in [-0.4, -0.2) is 20.9 Å². The summed E-state index contributed by atoms with van der Waals surface area (Å²) in [4.78, 5) is 12.2. The average Bonchev–Trinajstić information content (AvgIpc) is 3.04. The molecule has 0 saturated heterocycles. The molecule has 0 saturated carbocycles. The molecule has 0 heterocycles. The van der Waals surface area contributed by atoms with Crippen LogP contribution >= 0.6 is 15.9 Å². The number of nitrogens with one attached hydrogen (secondary N) is 1. The van der Waals surface area contributed by atoms with E-state index in [0.29, 0.717) is 16.8 Å². The van der Waals surface area contributed by atoms with Crippen LogP contribution in [0, 0.1) is 0 Å². The number of carbonyl (C=O) groups is 1. The second kappa shape index (κ2) is 7.80. The van der Waals surface area contributed by atoms with Crippen molar-refractivity contribution < 1.29 is 17.9 Å². The number of rotatable bonds is 6. The highest BCUT2D eigenvalue weighted by atomic mass is 79.9. The third-order valence-corrected chi connectivity index (χ3v) is 6.28. The van der Waals surface area contributed by atoms with Crippen LogP contribution in [0.4, 0.5) is 0 Å². The Morgan fingerprint density at radius 1 is 1.15 bits per heavy atom. The molecule has 0 radical (unpaired) electrons. The second-order valence-corrected chi connectivity index (χ2v) is 8.72. The molecule has 0 bridgehead atoms. The summed E-state index contributed by atoms with van der Waals surface area (Å²) in [5.74, 6) is 0.00358. The normalized spacial score (nSPS) is 13.3. The van der Waals surface area contributed by atoms with Gasteiger partial charge in [-0.15, -0.1) is 0 Å². The zero-order valence-electron chi connectivity index (χ0n) is 14.4. The maximum absolute atomic E-state index is 12.4. The smallest absolute Gasteiger partial charge is 0.264 e. The van der Waals surface area contributed by atoms with Gasteiger partial charge in [0.2, 0.25) is 5.91 Å². The first-order chi connectivity index (χ1) is 12.4. The SMILES string of the molecule is CCOc1ccc(S(=O)(=O)NC(=O)Cc2ccc3c(c2)CCC3)cc1Br. The van der Waals surface area contributed by atoms with E-state index in [-0.39, 0.29) is 11.3 Å². The average molecular weight is 438 g/mol. The standard InChI is InChI=1S/C19H20BrNO4S/c1-2-25-18-9-8-16(12-17(18)20)26(23,24)21-19(22)11-13-6-7-14-4-3-5-15(14)10-13/h6-10,12H,2-5,11H2,1H3,(H,21,22). The molecule has 1 amide bonds. The van der Waals surface area contributed by atoms with Crippen molar-refractivity contribution in [2.75, 3.05) is 6.61 Å². The molecule has 0 spiro atoms. The lowest BCUT2D eigenvalue weighted by Gasteiger charge is -2.10. The lowest BCUT2D eigenvalue weighted by atomic mass is 10.0. The zero-order valence-corrected chi connectivity index (χ0v) is 16.8. The summed E-state index contributed by atoms with van der Waals surface area (Å²) in [5, 5.41) is 0. The van der Waals surface area contributed by atoms with Crippen LogP contribution in [0.15, 0.2) is 45.8 Å². The maximum Gasteiger partial charge on any atom is 0.264 e. The van der Waals surface area contributed by atoms with Gasteiger partial charge in [-0.2, -0.15) is 0 Å². The first kappa shape index (κ1) is 18.9. The summed E-state index contributed by atoms with van der Waals surface area (Å²) in [6.45, 7) is 2.32. The Balaban J connectivity index is 1.70. The van der Waals surface area contributed by atoms with Crippen LogP contribution in [0.1, 0.15) is 30.0 Å². The summed E-state index contributed by atoms with van der Waals surface area (Å²) < 4.78 is 32.9. The molecule has 5 nitrogen and oxygen atoms in total. The lowest BCUT2D eigenvalue weighted by molar-refractivity contribution is -0.118. The summed E-state index contributed by atoms with van der Waals surface area (Å²) in [6.07, 6.45) is 3.25. The molecule has 0 fully saturated rings. The molecule has 0 aliphatic heterocycles. The predicted octanol–water partition coefficient (Wildman–Crippen LogP) is 3.38. The summed E-state index contributed by atoms with van der Waals surface area (Å²) >= 11 is 3.29. The molecule has 7 heteroatoms. The molecule has 0 atom stereocenters. The molecule has 2 aromatic carbocycles. The molecule has 0 unspecified atom stereocenters. The van der Waals surface area contributed by atoms with Crippen LogP contribution in [0.25, 0.3) is 0 Å². The predicted molar refractivity (Wildman–Crippen MR) is 103 cm³/mol. The third-order valence-electron chi connectivity index (χ3n) is 4.29. The van der Waals surface area contributed by atoms with E-state index in [1.807, 2.05) is 25.1 Å². The third kappa shape index (κ3) is 4.27. The van der Waals surface area contributed by atoms with Gasteiger partial charge in [-0.1, -0.05) is 18.2 Å². The number of hydrogen-bond acceptors (Lipinski definition) is 4. The van der Waals surface area contributed by atoms with E-state index in [4.69, 9.17) is 4.74 Å². The monoisotopic (exact) mass is 437 g/mol. The number of fused-ring (bicyclic) bond motifs is 1. The van der Waals surface area contributed by atoms with Gasteiger partial charge in [0.1, 0.15) is 5.75 Å². The fourth-order valence-electron chi connectivity index (χ4n) is 3.09. The topological polar surface area (TPSA) is 72.5 Å². The van der Waals surface area contributed by atoms with Crippen molar-refractivity contribution in [2.45, 2.75) is 37.5 Å². The minimum absolute atomic E-state index is 0.00938. The van der Waals surface area contributed by atoms with Crippen LogP contribution in [-0.2, 0) is 34.1 Å². The Morgan fingerprint density at radius 2 is 1.92 bits per heavy atom. The quantitative estimate of drug-likeness (QED) is 0.751. The Morgan fingerprint density at radius 3 is 2.65 bits per heavy atom. The molecule has 3 rings (SSSR count). The summed E-state index contributed by atoms with van der Waals surface area (Å²) in [7, 11) is -3.93.